The zero-order valence-corrected chi connectivity index (χ0v) is 16.6. The number of esters is 1. The minimum Gasteiger partial charge on any atom is -0.423 e. The molecule has 0 aromatic heterocycles. The van der Waals surface area contributed by atoms with E-state index < -0.39 is 5.97 Å². The molecular weight excluding hydrogens is 344 g/mol. The van der Waals surface area contributed by atoms with E-state index in [-0.39, 0.29) is 16.6 Å². The summed E-state index contributed by atoms with van der Waals surface area (Å²) in [5.74, 6) is -0.144. The van der Waals surface area contributed by atoms with Crippen molar-refractivity contribution in [3.05, 3.63) is 76.3 Å². The van der Waals surface area contributed by atoms with E-state index in [2.05, 4.69) is 40.3 Å². The van der Waals surface area contributed by atoms with Gasteiger partial charge in [-0.05, 0) is 59.1 Å². The number of carbonyl (C=O) groups excluding carboxylic acids is 1. The molecule has 0 amide bonds. The van der Waals surface area contributed by atoms with Gasteiger partial charge < -0.3 is 4.74 Å². The van der Waals surface area contributed by atoms with Crippen molar-refractivity contribution in [3.8, 4) is 0 Å². The van der Waals surface area contributed by atoms with Gasteiger partial charge in [0.15, 0.2) is 0 Å². The number of rotatable bonds is 3. The van der Waals surface area contributed by atoms with Gasteiger partial charge in [-0.1, -0.05) is 64.1 Å². The lowest BCUT2D eigenvalue weighted by Crippen LogP contribution is -2.34. The molecule has 0 saturated heterocycles. The van der Waals surface area contributed by atoms with Crippen LogP contribution >= 0.6 is 11.6 Å². The highest BCUT2D eigenvalue weighted by Crippen LogP contribution is 2.47. The van der Waals surface area contributed by atoms with Gasteiger partial charge >= 0.3 is 5.97 Å². The fourth-order valence-electron chi connectivity index (χ4n) is 3.60. The first kappa shape index (κ1) is 18.7. The van der Waals surface area contributed by atoms with Gasteiger partial charge in [-0.2, -0.15) is 0 Å². The fourth-order valence-corrected chi connectivity index (χ4v) is 3.87. The maximum atomic E-state index is 12.3. The summed E-state index contributed by atoms with van der Waals surface area (Å²) in [5, 5.41) is 0.570. The predicted octanol–water partition coefficient (Wildman–Crippen LogP) is 6.52. The highest BCUT2D eigenvalue weighted by molar-refractivity contribution is 6.32. The normalized spacial score (nSPS) is 17.3. The lowest BCUT2D eigenvalue weighted by molar-refractivity contribution is 0.0693. The molecule has 2 nitrogen and oxygen atoms in total. The highest BCUT2D eigenvalue weighted by atomic mass is 35.5. The number of fused-ring (bicyclic) bond motifs is 1. The molecule has 3 heteroatoms. The molecule has 0 heterocycles. The van der Waals surface area contributed by atoms with Crippen LogP contribution in [-0.2, 0) is 15.6 Å². The van der Waals surface area contributed by atoms with Gasteiger partial charge in [0, 0.05) is 5.56 Å². The van der Waals surface area contributed by atoms with Crippen molar-refractivity contribution >= 4 is 23.3 Å². The van der Waals surface area contributed by atoms with Crippen molar-refractivity contribution in [3.63, 3.8) is 0 Å². The summed E-state index contributed by atoms with van der Waals surface area (Å²) in [6.45, 7) is 13.0. The summed E-state index contributed by atoms with van der Waals surface area (Å²) in [7, 11) is 0. The summed E-state index contributed by atoms with van der Waals surface area (Å²) in [4.78, 5) is 12.3. The molecule has 1 aliphatic carbocycles. The summed E-state index contributed by atoms with van der Waals surface area (Å²) in [5.41, 5.74) is 3.82. The third-order valence-electron chi connectivity index (χ3n) is 5.47. The molecule has 0 aliphatic heterocycles. The molecule has 0 spiro atoms. The molecule has 136 valence electrons. The van der Waals surface area contributed by atoms with Crippen LogP contribution in [0.3, 0.4) is 0 Å². The van der Waals surface area contributed by atoms with Gasteiger partial charge in [0.05, 0.1) is 10.6 Å². The topological polar surface area (TPSA) is 26.3 Å². The smallest absolute Gasteiger partial charge is 0.343 e. The Hall–Kier alpha value is -2.06. The zero-order chi connectivity index (χ0) is 19.1. The van der Waals surface area contributed by atoms with Crippen LogP contribution in [0.2, 0.25) is 5.02 Å². The molecule has 0 N–H and O–H groups in total. The molecule has 2 aromatic rings. The second kappa shape index (κ2) is 6.59. The van der Waals surface area contributed by atoms with Crippen LogP contribution in [0, 0.1) is 0 Å². The van der Waals surface area contributed by atoms with E-state index in [1.165, 1.54) is 11.1 Å². The van der Waals surface area contributed by atoms with Crippen molar-refractivity contribution in [1.82, 2.24) is 0 Å². The predicted molar refractivity (Wildman–Crippen MR) is 108 cm³/mol. The van der Waals surface area contributed by atoms with Gasteiger partial charge in [0.25, 0.3) is 0 Å². The van der Waals surface area contributed by atoms with Gasteiger partial charge in [-0.3, -0.25) is 0 Å². The Labute approximate surface area is 160 Å². The van der Waals surface area contributed by atoms with E-state index >= 15 is 0 Å². The minimum absolute atomic E-state index is 0.0495. The van der Waals surface area contributed by atoms with E-state index in [1.54, 1.807) is 24.3 Å². The summed E-state index contributed by atoms with van der Waals surface area (Å²) in [6, 6.07) is 13.0. The number of halogens is 1. The molecule has 0 bridgehead atoms. The molecule has 0 unspecified atom stereocenters. The zero-order valence-electron chi connectivity index (χ0n) is 15.9. The summed E-state index contributed by atoms with van der Waals surface area (Å²) >= 11 is 6.55. The van der Waals surface area contributed by atoms with Crippen LogP contribution in [0.1, 0.15) is 67.6 Å². The maximum absolute atomic E-state index is 12.3. The Morgan fingerprint density at radius 1 is 1.00 bits per heavy atom. The van der Waals surface area contributed by atoms with Gasteiger partial charge in [-0.25, -0.2) is 4.79 Å². The van der Waals surface area contributed by atoms with Crippen molar-refractivity contribution in [2.75, 3.05) is 0 Å². The van der Waals surface area contributed by atoms with Gasteiger partial charge in [-0.15, -0.1) is 0 Å². The molecule has 2 aromatic carbocycles. The largest absolute Gasteiger partial charge is 0.423 e. The SMILES string of the molecule is C=C(OC(=O)c1ccccc1)c1cc2c(cc1Cl)C(C)(C)CCC2(C)C. The Kier molecular flexibility index (Phi) is 4.74. The van der Waals surface area contributed by atoms with Crippen molar-refractivity contribution in [2.24, 2.45) is 0 Å². The summed E-state index contributed by atoms with van der Waals surface area (Å²) in [6.07, 6.45) is 2.22. The Morgan fingerprint density at radius 3 is 2.12 bits per heavy atom. The molecule has 0 fully saturated rings. The third kappa shape index (κ3) is 3.43. The van der Waals surface area contributed by atoms with Crippen molar-refractivity contribution < 1.29 is 9.53 Å². The first-order chi connectivity index (χ1) is 12.1. The van der Waals surface area contributed by atoms with Crippen LogP contribution in [0.4, 0.5) is 0 Å². The number of carbonyl (C=O) groups is 1. The Bertz CT molecular complexity index is 863. The number of ether oxygens (including phenoxy) is 1. The van der Waals surface area contributed by atoms with Crippen LogP contribution < -0.4 is 0 Å². The van der Waals surface area contributed by atoms with Gasteiger partial charge in [0.2, 0.25) is 0 Å². The minimum atomic E-state index is -0.427. The van der Waals surface area contributed by atoms with Crippen LogP contribution in [0.15, 0.2) is 49.0 Å². The first-order valence-corrected chi connectivity index (χ1v) is 9.31. The third-order valence-corrected chi connectivity index (χ3v) is 5.78. The van der Waals surface area contributed by atoms with Crippen molar-refractivity contribution in [2.45, 2.75) is 51.4 Å². The first-order valence-electron chi connectivity index (χ1n) is 8.93. The average Bonchev–Trinajstić information content (AvgIpc) is 2.59. The standard InChI is InChI=1S/C23H25ClO2/c1-15(26-21(25)16-9-7-6-8-10-16)17-13-18-19(14-20(17)24)23(4,5)12-11-22(18,2)3/h6-10,13-14H,1,11-12H2,2-5H3. The molecule has 26 heavy (non-hydrogen) atoms. The quantitative estimate of drug-likeness (QED) is 0.455. The molecular formula is C23H25ClO2. The second-order valence-corrected chi connectivity index (χ2v) is 8.73. The lowest BCUT2D eigenvalue weighted by Gasteiger charge is -2.42. The second-order valence-electron chi connectivity index (χ2n) is 8.32. The number of hydrogen-bond acceptors (Lipinski definition) is 2. The monoisotopic (exact) mass is 368 g/mol. The molecule has 0 atom stereocenters. The van der Waals surface area contributed by atoms with E-state index in [9.17, 15) is 4.79 Å². The lowest BCUT2D eigenvalue weighted by atomic mass is 9.63. The van der Waals surface area contributed by atoms with Crippen molar-refractivity contribution in [1.29, 1.82) is 0 Å². The van der Waals surface area contributed by atoms with E-state index in [4.69, 9.17) is 16.3 Å². The maximum Gasteiger partial charge on any atom is 0.343 e. The van der Waals surface area contributed by atoms with E-state index in [0.29, 0.717) is 16.1 Å². The molecule has 3 rings (SSSR count). The number of benzene rings is 2. The molecule has 1 aliphatic rings. The summed E-state index contributed by atoms with van der Waals surface area (Å²) < 4.78 is 5.50. The average molecular weight is 369 g/mol. The highest BCUT2D eigenvalue weighted by Gasteiger charge is 2.37. The van der Waals surface area contributed by atoms with Crippen LogP contribution in [-0.4, -0.2) is 5.97 Å². The Balaban J connectivity index is 1.96. The van der Waals surface area contributed by atoms with E-state index in [0.717, 1.165) is 12.8 Å². The number of hydrogen-bond donors (Lipinski definition) is 0. The molecule has 0 saturated carbocycles. The van der Waals surface area contributed by atoms with Crippen LogP contribution in [0.25, 0.3) is 5.76 Å². The molecule has 0 radical (unpaired) electrons. The fraction of sp³-hybridized carbons (Fsp3) is 0.348. The van der Waals surface area contributed by atoms with Gasteiger partial charge in [0.1, 0.15) is 5.76 Å². The Morgan fingerprint density at radius 2 is 1.54 bits per heavy atom. The van der Waals surface area contributed by atoms with Crippen LogP contribution in [0.5, 0.6) is 0 Å². The van der Waals surface area contributed by atoms with E-state index in [1.807, 2.05) is 12.1 Å².